The van der Waals surface area contributed by atoms with Crippen LogP contribution in [0.4, 0.5) is 5.69 Å². The van der Waals surface area contributed by atoms with Gasteiger partial charge >= 0.3 is 0 Å². The van der Waals surface area contributed by atoms with Crippen LogP contribution in [0.15, 0.2) is 24.3 Å². The van der Waals surface area contributed by atoms with Gasteiger partial charge in [-0.2, -0.15) is 5.10 Å². The van der Waals surface area contributed by atoms with Crippen LogP contribution in [0.2, 0.25) is 0 Å². The third-order valence-corrected chi connectivity index (χ3v) is 3.49. The van der Waals surface area contributed by atoms with Crippen LogP contribution in [-0.2, 0) is 7.05 Å². The maximum Gasteiger partial charge on any atom is 0.241 e. The van der Waals surface area contributed by atoms with Crippen LogP contribution in [-0.4, -0.2) is 9.78 Å². The van der Waals surface area contributed by atoms with Gasteiger partial charge in [-0.25, -0.2) is 4.68 Å². The van der Waals surface area contributed by atoms with Crippen molar-refractivity contribution in [3.8, 4) is 11.6 Å². The number of nitrogens with two attached hydrogens (primary N) is 1. The van der Waals surface area contributed by atoms with Crippen LogP contribution < -0.4 is 10.5 Å². The van der Waals surface area contributed by atoms with E-state index in [1.807, 2.05) is 26.1 Å². The zero-order valence-electron chi connectivity index (χ0n) is 12.0. The normalized spacial score (nSPS) is 12.4. The molecular formula is C15H21N3O. The van der Waals surface area contributed by atoms with Crippen molar-refractivity contribution < 1.29 is 4.74 Å². The molecule has 0 amide bonds. The maximum absolute atomic E-state index is 5.94. The molecule has 0 saturated heterocycles. The number of anilines is 1. The molecule has 4 nitrogen and oxygen atoms in total. The number of benzene rings is 1. The summed E-state index contributed by atoms with van der Waals surface area (Å²) < 4.78 is 7.46. The van der Waals surface area contributed by atoms with Crippen molar-refractivity contribution in [2.45, 2.75) is 33.1 Å². The molecule has 0 saturated carbocycles. The second-order valence-electron chi connectivity index (χ2n) is 4.91. The van der Waals surface area contributed by atoms with Crippen molar-refractivity contribution in [3.05, 3.63) is 35.5 Å². The fraction of sp³-hybridized carbons (Fsp3) is 0.400. The van der Waals surface area contributed by atoms with Crippen LogP contribution >= 0.6 is 0 Å². The topological polar surface area (TPSA) is 53.1 Å². The van der Waals surface area contributed by atoms with Gasteiger partial charge in [0.15, 0.2) is 0 Å². The van der Waals surface area contributed by atoms with Crippen molar-refractivity contribution in [2.75, 3.05) is 5.73 Å². The standard InChI is InChI=1S/C15H21N3O/c1-5-10(2)12-6-8-13(9-7-12)19-15-14(16)11(3)17-18(15)4/h6-10H,5,16H2,1-4H3. The minimum Gasteiger partial charge on any atom is -0.437 e. The minimum absolute atomic E-state index is 0.568. The molecule has 0 aliphatic heterocycles. The molecule has 102 valence electrons. The molecule has 0 bridgehead atoms. The number of hydrogen-bond donors (Lipinski definition) is 1. The van der Waals surface area contributed by atoms with Crippen LogP contribution in [0.1, 0.15) is 37.4 Å². The zero-order valence-corrected chi connectivity index (χ0v) is 12.0. The van der Waals surface area contributed by atoms with Crippen molar-refractivity contribution in [3.63, 3.8) is 0 Å². The summed E-state index contributed by atoms with van der Waals surface area (Å²) in [4.78, 5) is 0. The Morgan fingerprint density at radius 3 is 2.42 bits per heavy atom. The molecule has 0 radical (unpaired) electrons. The average molecular weight is 259 g/mol. The second kappa shape index (κ2) is 5.34. The summed E-state index contributed by atoms with van der Waals surface area (Å²) in [7, 11) is 1.83. The highest BCUT2D eigenvalue weighted by Gasteiger charge is 2.12. The summed E-state index contributed by atoms with van der Waals surface area (Å²) in [5, 5.41) is 4.23. The summed E-state index contributed by atoms with van der Waals surface area (Å²) >= 11 is 0. The molecule has 1 aromatic carbocycles. The fourth-order valence-electron chi connectivity index (χ4n) is 1.99. The third kappa shape index (κ3) is 2.72. The molecule has 1 unspecified atom stereocenters. The maximum atomic E-state index is 5.94. The lowest BCUT2D eigenvalue weighted by Crippen LogP contribution is -1.97. The largest absolute Gasteiger partial charge is 0.437 e. The molecule has 2 N–H and O–H groups in total. The van der Waals surface area contributed by atoms with Crippen LogP contribution in [0, 0.1) is 6.92 Å². The van der Waals surface area contributed by atoms with Gasteiger partial charge in [0.05, 0.1) is 5.69 Å². The van der Waals surface area contributed by atoms with E-state index in [0.29, 0.717) is 17.5 Å². The van der Waals surface area contributed by atoms with Crippen LogP contribution in [0.3, 0.4) is 0 Å². The van der Waals surface area contributed by atoms with Gasteiger partial charge in [0.1, 0.15) is 11.4 Å². The number of nitrogens with zero attached hydrogens (tertiary/aromatic N) is 2. The van der Waals surface area contributed by atoms with Crippen LogP contribution in [0.5, 0.6) is 11.6 Å². The SMILES string of the molecule is CCC(C)c1ccc(Oc2c(N)c(C)nn2C)cc1. The van der Waals surface area contributed by atoms with E-state index in [-0.39, 0.29) is 0 Å². The number of hydrogen-bond acceptors (Lipinski definition) is 3. The van der Waals surface area contributed by atoms with Gasteiger partial charge in [-0.3, -0.25) is 0 Å². The molecule has 1 aromatic heterocycles. The first-order valence-electron chi connectivity index (χ1n) is 6.59. The Labute approximate surface area is 114 Å². The summed E-state index contributed by atoms with van der Waals surface area (Å²) in [6, 6.07) is 8.15. The number of rotatable bonds is 4. The Hall–Kier alpha value is -1.97. The predicted molar refractivity (Wildman–Crippen MR) is 77.6 cm³/mol. The van der Waals surface area contributed by atoms with Gasteiger partial charge in [0, 0.05) is 7.05 Å². The van der Waals surface area contributed by atoms with Gasteiger partial charge in [-0.1, -0.05) is 26.0 Å². The lowest BCUT2D eigenvalue weighted by atomic mass is 9.99. The Morgan fingerprint density at radius 2 is 1.95 bits per heavy atom. The van der Waals surface area contributed by atoms with E-state index >= 15 is 0 Å². The first-order valence-corrected chi connectivity index (χ1v) is 6.59. The zero-order chi connectivity index (χ0) is 14.0. The number of aromatic nitrogens is 2. The third-order valence-electron chi connectivity index (χ3n) is 3.49. The van der Waals surface area contributed by atoms with E-state index in [1.165, 1.54) is 5.56 Å². The predicted octanol–water partition coefficient (Wildman–Crippen LogP) is 3.62. The van der Waals surface area contributed by atoms with Gasteiger partial charge in [-0.05, 0) is 37.0 Å². The fourth-order valence-corrected chi connectivity index (χ4v) is 1.99. The summed E-state index contributed by atoms with van der Waals surface area (Å²) in [6.07, 6.45) is 1.13. The molecule has 0 aliphatic carbocycles. The van der Waals surface area contributed by atoms with E-state index in [9.17, 15) is 0 Å². The molecule has 0 fully saturated rings. The summed E-state index contributed by atoms with van der Waals surface area (Å²) in [6.45, 7) is 6.28. The molecule has 0 spiro atoms. The van der Waals surface area contributed by atoms with Crippen molar-refractivity contribution >= 4 is 5.69 Å². The molecule has 2 aromatic rings. The molecular weight excluding hydrogens is 238 g/mol. The smallest absolute Gasteiger partial charge is 0.241 e. The van der Waals surface area contributed by atoms with Crippen molar-refractivity contribution in [1.82, 2.24) is 9.78 Å². The molecule has 19 heavy (non-hydrogen) atoms. The average Bonchev–Trinajstić information content (AvgIpc) is 2.65. The summed E-state index contributed by atoms with van der Waals surface area (Å²) in [5.41, 5.74) is 8.64. The molecule has 1 atom stereocenters. The first kappa shape index (κ1) is 13.5. The Bertz CT molecular complexity index is 558. The lowest BCUT2D eigenvalue weighted by molar-refractivity contribution is 0.432. The molecule has 4 heteroatoms. The van der Waals surface area contributed by atoms with Gasteiger partial charge in [0.25, 0.3) is 0 Å². The minimum atomic E-state index is 0.568. The summed E-state index contributed by atoms with van der Waals surface area (Å²) in [5.74, 6) is 1.94. The van der Waals surface area contributed by atoms with Gasteiger partial charge in [-0.15, -0.1) is 0 Å². The number of nitrogen functional groups attached to an aromatic ring is 1. The lowest BCUT2D eigenvalue weighted by Gasteiger charge is -2.11. The van der Waals surface area contributed by atoms with Crippen molar-refractivity contribution in [2.24, 2.45) is 7.05 Å². The highest BCUT2D eigenvalue weighted by molar-refractivity contribution is 5.53. The highest BCUT2D eigenvalue weighted by Crippen LogP contribution is 2.30. The number of ether oxygens (including phenoxy) is 1. The van der Waals surface area contributed by atoms with Crippen molar-refractivity contribution in [1.29, 1.82) is 0 Å². The molecule has 1 heterocycles. The molecule has 0 aliphatic rings. The number of aryl methyl sites for hydroxylation is 2. The van der Waals surface area contributed by atoms with E-state index in [4.69, 9.17) is 10.5 Å². The van der Waals surface area contributed by atoms with Gasteiger partial charge in [0.2, 0.25) is 5.88 Å². The van der Waals surface area contributed by atoms with E-state index < -0.39 is 0 Å². The first-order chi connectivity index (χ1) is 9.02. The Kier molecular flexibility index (Phi) is 3.79. The quantitative estimate of drug-likeness (QED) is 0.912. The Balaban J connectivity index is 2.20. The van der Waals surface area contributed by atoms with E-state index in [0.717, 1.165) is 17.9 Å². The van der Waals surface area contributed by atoms with Gasteiger partial charge < -0.3 is 10.5 Å². The monoisotopic (exact) mass is 259 g/mol. The molecule has 2 rings (SSSR count). The van der Waals surface area contributed by atoms with Crippen LogP contribution in [0.25, 0.3) is 0 Å². The van der Waals surface area contributed by atoms with E-state index in [2.05, 4.69) is 31.1 Å². The highest BCUT2D eigenvalue weighted by atomic mass is 16.5. The Morgan fingerprint density at radius 1 is 1.32 bits per heavy atom. The van der Waals surface area contributed by atoms with E-state index in [1.54, 1.807) is 4.68 Å². The second-order valence-corrected chi connectivity index (χ2v) is 4.91.